The topological polar surface area (TPSA) is 58.6 Å². The van der Waals surface area contributed by atoms with Crippen molar-refractivity contribution in [1.29, 1.82) is 0 Å². The first kappa shape index (κ1) is 17.0. The normalized spacial score (nSPS) is 18.2. The summed E-state index contributed by atoms with van der Waals surface area (Å²) in [5.74, 6) is -2.06. The van der Waals surface area contributed by atoms with Crippen LogP contribution in [0.15, 0.2) is 24.3 Å². The fourth-order valence-corrected chi connectivity index (χ4v) is 2.21. The average molecular weight is 334 g/mol. The molecule has 2 rings (SSSR count). The van der Waals surface area contributed by atoms with Gasteiger partial charge in [0.15, 0.2) is 18.2 Å². The van der Waals surface area contributed by atoms with Gasteiger partial charge >= 0.3 is 6.18 Å². The van der Waals surface area contributed by atoms with Crippen LogP contribution in [0.5, 0.6) is 5.75 Å². The van der Waals surface area contributed by atoms with Crippen molar-refractivity contribution in [2.75, 3.05) is 19.7 Å². The van der Waals surface area contributed by atoms with Crippen molar-refractivity contribution in [2.45, 2.75) is 18.6 Å². The highest BCUT2D eigenvalue weighted by atomic mass is 19.4. The van der Waals surface area contributed by atoms with Gasteiger partial charge in [0.25, 0.3) is 5.91 Å². The molecule has 0 aliphatic carbocycles. The summed E-state index contributed by atoms with van der Waals surface area (Å²) < 4.78 is 55.1. The fourth-order valence-electron chi connectivity index (χ4n) is 2.21. The van der Waals surface area contributed by atoms with Gasteiger partial charge in [-0.25, -0.2) is 4.39 Å². The van der Waals surface area contributed by atoms with E-state index in [-0.39, 0.29) is 18.7 Å². The lowest BCUT2D eigenvalue weighted by molar-refractivity contribution is -0.157. The van der Waals surface area contributed by atoms with E-state index in [4.69, 9.17) is 4.74 Å². The molecule has 1 heterocycles. The van der Waals surface area contributed by atoms with Crippen LogP contribution in [-0.2, 0) is 9.59 Å². The van der Waals surface area contributed by atoms with E-state index in [9.17, 15) is 27.2 Å². The number of benzene rings is 1. The maximum Gasteiger partial charge on any atom is 0.406 e. The number of halogens is 4. The third-order valence-corrected chi connectivity index (χ3v) is 3.15. The van der Waals surface area contributed by atoms with Crippen LogP contribution < -0.4 is 10.1 Å². The lowest BCUT2D eigenvalue weighted by atomic mass is 10.2. The second-order valence-electron chi connectivity index (χ2n) is 5.08. The monoisotopic (exact) mass is 334 g/mol. The molecule has 1 aliphatic rings. The molecule has 5 nitrogen and oxygen atoms in total. The molecule has 1 aliphatic heterocycles. The lowest BCUT2D eigenvalue weighted by Crippen LogP contribution is -2.41. The van der Waals surface area contributed by atoms with Gasteiger partial charge in [-0.15, -0.1) is 0 Å². The molecule has 23 heavy (non-hydrogen) atoms. The highest BCUT2D eigenvalue weighted by molar-refractivity contribution is 5.82. The minimum atomic E-state index is -4.48. The summed E-state index contributed by atoms with van der Waals surface area (Å²) in [6.45, 7) is -2.06. The van der Waals surface area contributed by atoms with Crippen molar-refractivity contribution in [3.05, 3.63) is 30.1 Å². The number of hydrogen-bond donors (Lipinski definition) is 1. The van der Waals surface area contributed by atoms with E-state index in [0.29, 0.717) is 4.90 Å². The van der Waals surface area contributed by atoms with Crippen LogP contribution >= 0.6 is 0 Å². The largest absolute Gasteiger partial charge is 0.481 e. The number of carbonyl (C=O) groups excluding carboxylic acids is 2. The Hall–Kier alpha value is -2.32. The van der Waals surface area contributed by atoms with E-state index in [2.05, 4.69) is 5.32 Å². The average Bonchev–Trinajstić information content (AvgIpc) is 2.75. The second kappa shape index (κ2) is 6.84. The lowest BCUT2D eigenvalue weighted by Gasteiger charge is -2.18. The molecule has 0 saturated carbocycles. The van der Waals surface area contributed by atoms with E-state index in [0.717, 1.165) is 6.07 Å². The Labute approximate surface area is 129 Å². The number of hydrogen-bond acceptors (Lipinski definition) is 3. The number of nitrogens with zero attached hydrogens (tertiary/aromatic N) is 1. The SMILES string of the molecule is O=C(COc1ccccc1F)NC1CC(=O)N(CC(F)(F)F)C1. The molecule has 9 heteroatoms. The van der Waals surface area contributed by atoms with Crippen LogP contribution in [0, 0.1) is 5.82 Å². The van der Waals surface area contributed by atoms with Gasteiger partial charge in [-0.3, -0.25) is 9.59 Å². The van der Waals surface area contributed by atoms with Crippen molar-refractivity contribution >= 4 is 11.8 Å². The minimum Gasteiger partial charge on any atom is -0.481 e. The zero-order chi connectivity index (χ0) is 17.0. The van der Waals surface area contributed by atoms with E-state index in [1.54, 1.807) is 0 Å². The maximum absolute atomic E-state index is 13.3. The Morgan fingerprint density at radius 2 is 2.04 bits per heavy atom. The van der Waals surface area contributed by atoms with Gasteiger partial charge in [-0.1, -0.05) is 12.1 Å². The van der Waals surface area contributed by atoms with Gasteiger partial charge in [0.1, 0.15) is 6.54 Å². The van der Waals surface area contributed by atoms with Crippen LogP contribution in [0.3, 0.4) is 0 Å². The molecule has 0 bridgehead atoms. The summed E-state index contributed by atoms with van der Waals surface area (Å²) in [5.41, 5.74) is 0. The number of ether oxygens (including phenoxy) is 1. The molecule has 1 atom stereocenters. The summed E-state index contributed by atoms with van der Waals surface area (Å²) in [7, 11) is 0. The number of likely N-dealkylation sites (tertiary alicyclic amines) is 1. The number of para-hydroxylation sites is 1. The minimum absolute atomic E-state index is 0.108. The number of carbonyl (C=O) groups is 2. The molecule has 0 radical (unpaired) electrons. The summed E-state index contributed by atoms with van der Waals surface area (Å²) in [6.07, 6.45) is -4.69. The van der Waals surface area contributed by atoms with Crippen molar-refractivity contribution in [3.8, 4) is 5.75 Å². The van der Waals surface area contributed by atoms with Crippen LogP contribution in [0.4, 0.5) is 17.6 Å². The number of alkyl halides is 3. The van der Waals surface area contributed by atoms with E-state index in [1.807, 2.05) is 0 Å². The third-order valence-electron chi connectivity index (χ3n) is 3.15. The molecule has 1 aromatic rings. The van der Waals surface area contributed by atoms with Gasteiger partial charge in [0.05, 0.1) is 6.04 Å². The molecule has 1 fully saturated rings. The molecule has 1 aromatic carbocycles. The van der Waals surface area contributed by atoms with Gasteiger partial charge in [0, 0.05) is 13.0 Å². The quantitative estimate of drug-likeness (QED) is 0.830. The Bertz CT molecular complexity index is 592. The molecular weight excluding hydrogens is 320 g/mol. The Kier molecular flexibility index (Phi) is 5.07. The van der Waals surface area contributed by atoms with Gasteiger partial charge in [-0.05, 0) is 12.1 Å². The van der Waals surface area contributed by atoms with Crippen LogP contribution in [0.1, 0.15) is 6.42 Å². The summed E-state index contributed by atoms with van der Waals surface area (Å²) >= 11 is 0. The zero-order valence-corrected chi connectivity index (χ0v) is 11.9. The summed E-state index contributed by atoms with van der Waals surface area (Å²) in [5, 5.41) is 2.40. The van der Waals surface area contributed by atoms with Crippen molar-refractivity contribution in [1.82, 2.24) is 10.2 Å². The summed E-state index contributed by atoms with van der Waals surface area (Å²) in [4.78, 5) is 23.8. The molecule has 0 aromatic heterocycles. The van der Waals surface area contributed by atoms with Crippen LogP contribution in [0.25, 0.3) is 0 Å². The van der Waals surface area contributed by atoms with E-state index < -0.39 is 43.0 Å². The van der Waals surface area contributed by atoms with Crippen molar-refractivity contribution < 1.29 is 31.9 Å². The number of nitrogens with one attached hydrogen (secondary N) is 1. The Morgan fingerprint density at radius 3 is 2.70 bits per heavy atom. The summed E-state index contributed by atoms with van der Waals surface area (Å²) in [6, 6.07) is 4.77. The van der Waals surface area contributed by atoms with Gasteiger partial charge in [-0.2, -0.15) is 13.2 Å². The van der Waals surface area contributed by atoms with E-state index in [1.165, 1.54) is 18.2 Å². The van der Waals surface area contributed by atoms with Crippen LogP contribution in [0.2, 0.25) is 0 Å². The molecule has 1 unspecified atom stereocenters. The van der Waals surface area contributed by atoms with E-state index >= 15 is 0 Å². The predicted molar refractivity (Wildman–Crippen MR) is 71.1 cm³/mol. The fraction of sp³-hybridized carbons (Fsp3) is 0.429. The standard InChI is InChI=1S/C14H14F4N2O3/c15-10-3-1-2-4-11(10)23-7-12(21)19-9-5-13(22)20(6-9)8-14(16,17)18/h1-4,9H,5-8H2,(H,19,21). The molecular formula is C14H14F4N2O3. The smallest absolute Gasteiger partial charge is 0.406 e. The molecule has 0 spiro atoms. The first-order chi connectivity index (χ1) is 10.7. The highest BCUT2D eigenvalue weighted by Crippen LogP contribution is 2.21. The second-order valence-corrected chi connectivity index (χ2v) is 5.08. The van der Waals surface area contributed by atoms with Crippen molar-refractivity contribution in [3.63, 3.8) is 0 Å². The maximum atomic E-state index is 13.3. The molecule has 1 saturated heterocycles. The zero-order valence-electron chi connectivity index (χ0n) is 11.9. The molecule has 2 amide bonds. The van der Waals surface area contributed by atoms with Gasteiger partial charge in [0.2, 0.25) is 5.91 Å². The molecule has 1 N–H and O–H groups in total. The van der Waals surface area contributed by atoms with Gasteiger partial charge < -0.3 is 15.0 Å². The first-order valence-corrected chi connectivity index (χ1v) is 6.76. The van der Waals surface area contributed by atoms with Crippen molar-refractivity contribution in [2.24, 2.45) is 0 Å². The van der Waals surface area contributed by atoms with Crippen LogP contribution in [-0.4, -0.2) is 48.6 Å². The first-order valence-electron chi connectivity index (χ1n) is 6.76. The Morgan fingerprint density at radius 1 is 1.35 bits per heavy atom. The predicted octanol–water partition coefficient (Wildman–Crippen LogP) is 1.48. The third kappa shape index (κ3) is 5.11. The molecule has 126 valence electrons. The number of rotatable bonds is 5. The highest BCUT2D eigenvalue weighted by Gasteiger charge is 2.38. The number of amides is 2. The Balaban J connectivity index is 1.80.